The molecule has 3 aromatic rings. The topological polar surface area (TPSA) is 85.3 Å². The van der Waals surface area contributed by atoms with Gasteiger partial charge < -0.3 is 19.8 Å². The summed E-state index contributed by atoms with van der Waals surface area (Å²) in [5.41, 5.74) is 1.61. The summed E-state index contributed by atoms with van der Waals surface area (Å²) in [6.45, 7) is 4.37. The van der Waals surface area contributed by atoms with Crippen LogP contribution in [0.2, 0.25) is 0 Å². The fourth-order valence-corrected chi connectivity index (χ4v) is 2.72. The Labute approximate surface area is 162 Å². The number of H-pyrrole nitrogens is 1. The number of aryl methyl sites for hydroxylation is 1. The highest BCUT2D eigenvalue weighted by molar-refractivity contribution is 5.93. The van der Waals surface area contributed by atoms with E-state index in [2.05, 4.69) is 10.3 Å². The average Bonchev–Trinajstić information content (AvgIpc) is 3.04. The van der Waals surface area contributed by atoms with Crippen LogP contribution in [0.1, 0.15) is 19.0 Å². The number of carbonyl (C=O) groups is 1. The standard InChI is InChI=1S/C21H23N3O4/c1-3-12-27-16-8-10-17(11-9-16)28-14-20(25)23-18-6-4-5-7-19(18)24-15(2)13-22-21(24)26/h4-11,13H,3,12,14H2,1-2H3,(H,22,26)(H,23,25). The Hall–Kier alpha value is -3.48. The molecule has 0 saturated carbocycles. The molecular formula is C21H23N3O4. The molecule has 0 radical (unpaired) electrons. The molecule has 0 spiro atoms. The molecule has 7 heteroatoms. The zero-order valence-corrected chi connectivity index (χ0v) is 15.9. The van der Waals surface area contributed by atoms with Crippen LogP contribution in [-0.4, -0.2) is 28.7 Å². The molecule has 2 aromatic carbocycles. The van der Waals surface area contributed by atoms with E-state index >= 15 is 0 Å². The number of ether oxygens (including phenoxy) is 2. The number of aromatic amines is 1. The minimum atomic E-state index is -0.319. The quantitative estimate of drug-likeness (QED) is 0.627. The molecule has 0 bridgehead atoms. The Morgan fingerprint density at radius 1 is 1.07 bits per heavy atom. The number of nitrogens with one attached hydrogen (secondary N) is 2. The fraction of sp³-hybridized carbons (Fsp3) is 0.238. The lowest BCUT2D eigenvalue weighted by Crippen LogP contribution is -2.23. The second-order valence-corrected chi connectivity index (χ2v) is 6.24. The summed E-state index contributed by atoms with van der Waals surface area (Å²) < 4.78 is 12.6. The molecule has 146 valence electrons. The van der Waals surface area contributed by atoms with Crippen LogP contribution in [0.15, 0.2) is 59.5 Å². The summed E-state index contributed by atoms with van der Waals surface area (Å²) in [5, 5.41) is 2.80. The van der Waals surface area contributed by atoms with Crippen LogP contribution >= 0.6 is 0 Å². The Morgan fingerprint density at radius 2 is 1.75 bits per heavy atom. The van der Waals surface area contributed by atoms with Gasteiger partial charge in [0.25, 0.3) is 5.91 Å². The Morgan fingerprint density at radius 3 is 2.39 bits per heavy atom. The second kappa shape index (κ2) is 8.94. The van der Waals surface area contributed by atoms with E-state index in [1.807, 2.05) is 19.9 Å². The molecule has 0 aliphatic rings. The van der Waals surface area contributed by atoms with Crippen molar-refractivity contribution in [2.45, 2.75) is 20.3 Å². The van der Waals surface area contributed by atoms with Crippen molar-refractivity contribution in [1.82, 2.24) is 9.55 Å². The molecule has 1 aromatic heterocycles. The highest BCUT2D eigenvalue weighted by Gasteiger charge is 2.12. The van der Waals surface area contributed by atoms with Gasteiger partial charge in [-0.05, 0) is 49.7 Å². The van der Waals surface area contributed by atoms with Crippen LogP contribution in [0, 0.1) is 6.92 Å². The molecule has 28 heavy (non-hydrogen) atoms. The third-order valence-corrected chi connectivity index (χ3v) is 4.05. The molecule has 2 N–H and O–H groups in total. The maximum absolute atomic E-state index is 12.3. The SMILES string of the molecule is CCCOc1ccc(OCC(=O)Nc2ccccc2-n2c(C)c[nH]c2=O)cc1. The summed E-state index contributed by atoms with van der Waals surface area (Å²) in [6.07, 6.45) is 2.56. The second-order valence-electron chi connectivity index (χ2n) is 6.24. The highest BCUT2D eigenvalue weighted by Crippen LogP contribution is 2.20. The predicted octanol–water partition coefficient (Wildman–Crippen LogP) is 3.28. The number of para-hydroxylation sites is 2. The molecule has 1 heterocycles. The molecule has 7 nitrogen and oxygen atoms in total. The molecule has 1 amide bonds. The number of anilines is 1. The van der Waals surface area contributed by atoms with Crippen LogP contribution in [0.3, 0.4) is 0 Å². The lowest BCUT2D eigenvalue weighted by Gasteiger charge is -2.13. The van der Waals surface area contributed by atoms with Crippen LogP contribution in [0.25, 0.3) is 5.69 Å². The first-order valence-electron chi connectivity index (χ1n) is 9.10. The minimum absolute atomic E-state index is 0.148. The summed E-state index contributed by atoms with van der Waals surface area (Å²) in [6, 6.07) is 14.2. The largest absolute Gasteiger partial charge is 0.494 e. The summed E-state index contributed by atoms with van der Waals surface area (Å²) in [5.74, 6) is 1.02. The molecule has 3 rings (SSSR count). The third-order valence-electron chi connectivity index (χ3n) is 4.05. The van der Waals surface area contributed by atoms with Crippen molar-refractivity contribution < 1.29 is 14.3 Å². The van der Waals surface area contributed by atoms with E-state index < -0.39 is 0 Å². The van der Waals surface area contributed by atoms with Gasteiger partial charge in [-0.25, -0.2) is 4.79 Å². The Kier molecular flexibility index (Phi) is 6.16. The maximum atomic E-state index is 12.3. The summed E-state index contributed by atoms with van der Waals surface area (Å²) in [7, 11) is 0. The molecule has 0 aliphatic heterocycles. The number of hydrogen-bond donors (Lipinski definition) is 2. The number of amides is 1. The van der Waals surface area contributed by atoms with E-state index in [9.17, 15) is 9.59 Å². The van der Waals surface area contributed by atoms with E-state index in [0.717, 1.165) is 17.9 Å². The molecular weight excluding hydrogens is 358 g/mol. The van der Waals surface area contributed by atoms with E-state index in [4.69, 9.17) is 9.47 Å². The highest BCUT2D eigenvalue weighted by atomic mass is 16.5. The molecule has 0 aliphatic carbocycles. The van der Waals surface area contributed by atoms with Gasteiger partial charge in [0.2, 0.25) is 0 Å². The molecule has 0 unspecified atom stereocenters. The summed E-state index contributed by atoms with van der Waals surface area (Å²) in [4.78, 5) is 27.0. The van der Waals surface area contributed by atoms with Gasteiger partial charge in [-0.3, -0.25) is 9.36 Å². The van der Waals surface area contributed by atoms with Gasteiger partial charge in [0, 0.05) is 11.9 Å². The van der Waals surface area contributed by atoms with Crippen molar-refractivity contribution in [3.05, 3.63) is 70.9 Å². The number of hydrogen-bond acceptors (Lipinski definition) is 4. The number of imidazole rings is 1. The van der Waals surface area contributed by atoms with Gasteiger partial charge in [-0.1, -0.05) is 19.1 Å². The Bertz CT molecular complexity index is 989. The molecule has 0 atom stereocenters. The fourth-order valence-electron chi connectivity index (χ4n) is 2.72. The van der Waals surface area contributed by atoms with Gasteiger partial charge >= 0.3 is 5.69 Å². The first kappa shape index (κ1) is 19.3. The maximum Gasteiger partial charge on any atom is 0.330 e. The lowest BCUT2D eigenvalue weighted by molar-refractivity contribution is -0.118. The van der Waals surface area contributed by atoms with Crippen molar-refractivity contribution in [2.24, 2.45) is 0 Å². The summed E-state index contributed by atoms with van der Waals surface area (Å²) >= 11 is 0. The van der Waals surface area contributed by atoms with Gasteiger partial charge in [-0.15, -0.1) is 0 Å². The lowest BCUT2D eigenvalue weighted by atomic mass is 10.2. The number of carbonyl (C=O) groups excluding carboxylic acids is 1. The van der Waals surface area contributed by atoms with Crippen molar-refractivity contribution in [1.29, 1.82) is 0 Å². The van der Waals surface area contributed by atoms with Crippen LogP contribution in [-0.2, 0) is 4.79 Å². The minimum Gasteiger partial charge on any atom is -0.494 e. The van der Waals surface area contributed by atoms with E-state index in [0.29, 0.717) is 23.7 Å². The van der Waals surface area contributed by atoms with Gasteiger partial charge in [0.1, 0.15) is 11.5 Å². The molecule has 0 fully saturated rings. The van der Waals surface area contributed by atoms with Crippen molar-refractivity contribution in [2.75, 3.05) is 18.5 Å². The van der Waals surface area contributed by atoms with Crippen LogP contribution in [0.4, 0.5) is 5.69 Å². The zero-order valence-electron chi connectivity index (χ0n) is 15.9. The van der Waals surface area contributed by atoms with Gasteiger partial charge in [-0.2, -0.15) is 0 Å². The normalized spacial score (nSPS) is 10.5. The van der Waals surface area contributed by atoms with Crippen molar-refractivity contribution in [3.8, 4) is 17.2 Å². The van der Waals surface area contributed by atoms with E-state index in [1.54, 1.807) is 48.7 Å². The first-order valence-corrected chi connectivity index (χ1v) is 9.10. The number of nitrogens with zero attached hydrogens (tertiary/aromatic N) is 1. The van der Waals surface area contributed by atoms with Crippen molar-refractivity contribution in [3.63, 3.8) is 0 Å². The number of benzene rings is 2. The monoisotopic (exact) mass is 381 g/mol. The van der Waals surface area contributed by atoms with Crippen molar-refractivity contribution >= 4 is 11.6 Å². The first-order chi connectivity index (χ1) is 13.6. The van der Waals surface area contributed by atoms with Crippen LogP contribution < -0.4 is 20.5 Å². The van der Waals surface area contributed by atoms with Crippen LogP contribution in [0.5, 0.6) is 11.5 Å². The predicted molar refractivity (Wildman–Crippen MR) is 107 cm³/mol. The van der Waals surface area contributed by atoms with Gasteiger partial charge in [0.05, 0.1) is 18.0 Å². The average molecular weight is 381 g/mol. The molecule has 0 saturated heterocycles. The number of rotatable bonds is 8. The zero-order chi connectivity index (χ0) is 19.9. The Balaban J connectivity index is 1.64. The third kappa shape index (κ3) is 4.62. The van der Waals surface area contributed by atoms with E-state index in [-0.39, 0.29) is 18.2 Å². The van der Waals surface area contributed by atoms with Gasteiger partial charge in [0.15, 0.2) is 6.61 Å². The van der Waals surface area contributed by atoms with E-state index in [1.165, 1.54) is 4.57 Å². The smallest absolute Gasteiger partial charge is 0.330 e. The number of aromatic nitrogens is 2.